The van der Waals surface area contributed by atoms with Crippen LogP contribution in [0.15, 0.2) is 121 Å². The maximum absolute atomic E-state index is 12.1. The molecule has 0 unspecified atom stereocenters. The number of carboxylic acid groups (broad SMARTS) is 1. The van der Waals surface area contributed by atoms with Gasteiger partial charge in [0.1, 0.15) is 13.1 Å². The number of Topliss-reactive ketones (excluding diaryl/α,β-unsaturated/α-hetero) is 1. The van der Waals surface area contributed by atoms with Crippen molar-refractivity contribution in [1.82, 2.24) is 58.1 Å². The van der Waals surface area contributed by atoms with E-state index in [0.717, 1.165) is 27.8 Å². The number of hydrogen-bond acceptors (Lipinski definition) is 16. The van der Waals surface area contributed by atoms with Gasteiger partial charge in [-0.1, -0.05) is 171 Å². The number of rotatable bonds is 26. The van der Waals surface area contributed by atoms with E-state index in [0.29, 0.717) is 67.0 Å². The van der Waals surface area contributed by atoms with Crippen LogP contribution in [-0.2, 0) is 85.4 Å². The average molecular weight is 1510 g/mol. The van der Waals surface area contributed by atoms with E-state index in [1.54, 1.807) is 118 Å². The number of methoxy groups -OCH3 is 1. The zero-order chi connectivity index (χ0) is 83.2. The van der Waals surface area contributed by atoms with Crippen LogP contribution in [-0.4, -0.2) is 153 Å². The van der Waals surface area contributed by atoms with Crippen LogP contribution in [0.3, 0.4) is 0 Å². The van der Waals surface area contributed by atoms with Crippen molar-refractivity contribution in [2.45, 2.75) is 150 Å². The van der Waals surface area contributed by atoms with Gasteiger partial charge in [0.2, 0.25) is 41.4 Å². The molecular weight excluding hydrogens is 1400 g/mol. The molecule has 5 rings (SSSR count). The van der Waals surface area contributed by atoms with Crippen molar-refractivity contribution in [3.05, 3.63) is 177 Å². The highest BCUT2D eigenvalue weighted by molar-refractivity contribution is 5.99. The Balaban J connectivity index is 0.000000682. The Morgan fingerprint density at radius 3 is 0.789 bits per heavy atom. The van der Waals surface area contributed by atoms with Gasteiger partial charge in [-0.05, 0) is 88.5 Å². The molecule has 5 aromatic carbocycles. The number of carbonyl (C=O) groups excluding carboxylic acids is 14. The van der Waals surface area contributed by atoms with Crippen molar-refractivity contribution in [3.63, 3.8) is 0 Å². The Kier molecular flexibility index (Phi) is 40.0. The molecule has 594 valence electrons. The lowest BCUT2D eigenvalue weighted by atomic mass is 9.95. The fourth-order valence-corrected chi connectivity index (χ4v) is 8.03. The van der Waals surface area contributed by atoms with Crippen LogP contribution >= 0.6 is 0 Å². The summed E-state index contributed by atoms with van der Waals surface area (Å²) in [6, 6.07) is 34.4. The lowest BCUT2D eigenvalue weighted by molar-refractivity contribution is -0.139. The molecule has 0 bridgehead atoms. The van der Waals surface area contributed by atoms with Crippen molar-refractivity contribution >= 4 is 88.6 Å². The first-order valence-corrected chi connectivity index (χ1v) is 35.0. The number of esters is 1. The van der Waals surface area contributed by atoms with Gasteiger partial charge in [0.15, 0.2) is 5.78 Å². The van der Waals surface area contributed by atoms with Crippen molar-refractivity contribution < 1.29 is 81.8 Å². The van der Waals surface area contributed by atoms with Crippen LogP contribution in [0, 0.1) is 27.1 Å². The summed E-state index contributed by atoms with van der Waals surface area (Å²) in [5.74, 6) is -4.50. The summed E-state index contributed by atoms with van der Waals surface area (Å²) >= 11 is 0. The first kappa shape index (κ1) is 95.4. The topological polar surface area (TPSA) is 435 Å². The van der Waals surface area contributed by atoms with Crippen LogP contribution in [0.1, 0.15) is 197 Å². The fraction of sp³-hybridized carbons (Fsp3) is 0.438. The van der Waals surface area contributed by atoms with Crippen molar-refractivity contribution in [1.29, 1.82) is 0 Å². The van der Waals surface area contributed by atoms with Gasteiger partial charge in [0, 0.05) is 108 Å². The summed E-state index contributed by atoms with van der Waals surface area (Å²) in [6.07, 6.45) is 0.402. The second-order valence-electron chi connectivity index (χ2n) is 30.2. The van der Waals surface area contributed by atoms with E-state index in [2.05, 4.69) is 57.9 Å². The van der Waals surface area contributed by atoms with Crippen LogP contribution in [0.5, 0.6) is 0 Å². The molecule has 0 atom stereocenters. The maximum atomic E-state index is 12.1. The molecule has 0 saturated heterocycles. The first-order chi connectivity index (χ1) is 50.5. The monoisotopic (exact) mass is 1510 g/mol. The highest BCUT2D eigenvalue weighted by Gasteiger charge is 2.25. The molecule has 0 aliphatic carbocycles. The molecule has 0 saturated carbocycles. The van der Waals surface area contributed by atoms with E-state index >= 15 is 0 Å². The average Bonchev–Trinajstić information content (AvgIpc) is 0.885. The summed E-state index contributed by atoms with van der Waals surface area (Å²) < 4.78 is 4.46. The number of primary amides is 1. The summed E-state index contributed by atoms with van der Waals surface area (Å²) in [5.41, 5.74) is 8.85. The molecule has 0 fully saturated rings. The number of nitrogens with two attached hydrogens (primary N) is 1. The smallest absolute Gasteiger partial charge is 0.325 e. The molecule has 5 aromatic rings. The fourth-order valence-electron chi connectivity index (χ4n) is 8.03. The first-order valence-electron chi connectivity index (χ1n) is 35.0. The Morgan fingerprint density at radius 1 is 0.349 bits per heavy atom. The van der Waals surface area contributed by atoms with E-state index in [-0.39, 0.29) is 91.0 Å². The highest BCUT2D eigenvalue weighted by Crippen LogP contribution is 2.19. The molecule has 12 amide bonds. The molecule has 109 heavy (non-hydrogen) atoms. The van der Waals surface area contributed by atoms with Crippen molar-refractivity contribution in [3.8, 4) is 0 Å². The van der Waals surface area contributed by atoms with Gasteiger partial charge in [-0.2, -0.15) is 0 Å². The predicted octanol–water partition coefficient (Wildman–Crippen LogP) is 6.20. The highest BCUT2D eigenvalue weighted by atomic mass is 16.5. The minimum absolute atomic E-state index is 0.0121. The van der Waals surface area contributed by atoms with Crippen molar-refractivity contribution in [2.75, 3.05) is 53.9 Å². The van der Waals surface area contributed by atoms with Gasteiger partial charge < -0.3 is 73.6 Å². The molecule has 0 spiro atoms. The number of amides is 12. The minimum atomic E-state index is -1.10. The summed E-state index contributed by atoms with van der Waals surface area (Å²) in [4.78, 5) is 175. The van der Waals surface area contributed by atoms with Crippen LogP contribution in [0.2, 0.25) is 0 Å². The van der Waals surface area contributed by atoms with Crippen molar-refractivity contribution in [2.24, 2.45) is 32.8 Å². The Hall–Kier alpha value is -11.7. The number of carbonyl (C=O) groups is 15. The number of carboxylic acids is 1. The molecular formula is C80H112N12O17. The number of ketones is 1. The SMILES string of the molecule is CC(C)(C)C(=O)NCc1cccc(C(=O)NCC(=O)O)c1.CC(C)(C)C(=O)NCc1cccc(C(=O)NCC(N)=O)c1.CCC(=O)CNC(=O)c1cccc(CNC(=O)C(C)(C)C)c1.CN(C)C(=O)CNC(=O)c1cccc(CNC(=O)C(C)(C)C)c1.COC(=O)CNC(=O)c1cccc(CNC(=O)C(C)(C)C)c1. The molecule has 0 radical (unpaired) electrons. The van der Waals surface area contributed by atoms with Crippen LogP contribution in [0.25, 0.3) is 0 Å². The zero-order valence-electron chi connectivity index (χ0n) is 66.3. The second kappa shape index (κ2) is 45.8. The van der Waals surface area contributed by atoms with Crippen LogP contribution < -0.4 is 58.9 Å². The van der Waals surface area contributed by atoms with Gasteiger partial charge >= 0.3 is 11.9 Å². The molecule has 0 heterocycles. The Labute approximate surface area is 639 Å². The molecule has 29 heteroatoms. The number of nitrogens with zero attached hydrogens (tertiary/aromatic N) is 1. The zero-order valence-corrected chi connectivity index (χ0v) is 66.3. The molecule has 13 N–H and O–H groups in total. The molecule has 29 nitrogen and oxygen atoms in total. The molecule has 0 aliphatic rings. The number of ether oxygens (including phenoxy) is 1. The predicted molar refractivity (Wildman–Crippen MR) is 413 cm³/mol. The lowest BCUT2D eigenvalue weighted by Gasteiger charge is -2.17. The van der Waals surface area contributed by atoms with Gasteiger partial charge in [-0.3, -0.25) is 71.9 Å². The van der Waals surface area contributed by atoms with E-state index < -0.39 is 57.4 Å². The number of benzene rings is 5. The van der Waals surface area contributed by atoms with Gasteiger partial charge in [-0.25, -0.2) is 0 Å². The maximum Gasteiger partial charge on any atom is 0.325 e. The second-order valence-corrected chi connectivity index (χ2v) is 30.2. The van der Waals surface area contributed by atoms with E-state index in [1.165, 1.54) is 12.0 Å². The molecule has 0 aliphatic heterocycles. The van der Waals surface area contributed by atoms with Gasteiger partial charge in [0.25, 0.3) is 29.5 Å². The number of nitrogens with one attached hydrogen (secondary N) is 10. The van der Waals surface area contributed by atoms with Crippen LogP contribution in [0.4, 0.5) is 0 Å². The largest absolute Gasteiger partial charge is 0.480 e. The standard InChI is InChI=1S/C17H25N3O3.C17H24N2O3.C16H22N2O4.C15H21N3O3.C15H20N2O4/c1-17(2,3)16(23)19-10-12-7-6-8-13(9-12)15(22)18-11-14(21)20(4)5;1-5-14(20)11-18-15(21)13-8-6-7-12(9-13)10-19-16(22)17(2,3)4;1-16(2,3)15(21)18-9-11-6-5-7-12(8-11)14(20)17-10-13(19)22-4;1-15(2,3)14(21)18-8-10-5-4-6-11(7-10)13(20)17-9-12(16)19;1-15(2,3)14(21)17-8-10-5-4-6-11(7-10)13(20)16-9-12(18)19/h6-9H,10-11H2,1-5H3,(H,18,22)(H,19,23);6-9H,5,10-11H2,1-4H3,(H,18,21)(H,19,22);5-8H,9-10H2,1-4H3,(H,17,20)(H,18,21);4-7H,8-9H2,1-3H3,(H2,16,19)(H,17,20)(H,18,21);4-7H,8-9H2,1-3H3,(H,16,20)(H,17,21)(H,18,19). The van der Waals surface area contributed by atoms with E-state index in [1.807, 2.05) is 128 Å². The van der Waals surface area contributed by atoms with E-state index in [9.17, 15) is 71.9 Å². The quantitative estimate of drug-likeness (QED) is 0.0274. The third-order valence-corrected chi connectivity index (χ3v) is 14.8. The Morgan fingerprint density at radius 2 is 0.578 bits per heavy atom. The normalized spacial score (nSPS) is 10.8. The summed E-state index contributed by atoms with van der Waals surface area (Å²) in [6.45, 7) is 30.2. The van der Waals surface area contributed by atoms with Gasteiger partial charge in [-0.15, -0.1) is 0 Å². The lowest BCUT2D eigenvalue weighted by Crippen LogP contribution is -2.36. The number of hydrogen-bond donors (Lipinski definition) is 12. The van der Waals surface area contributed by atoms with E-state index in [4.69, 9.17) is 10.8 Å². The third kappa shape index (κ3) is 40.0. The summed E-state index contributed by atoms with van der Waals surface area (Å²) in [5, 5.41) is 35.0. The number of aliphatic carboxylic acids is 1. The third-order valence-electron chi connectivity index (χ3n) is 14.8. The molecule has 0 aromatic heterocycles. The minimum Gasteiger partial charge on any atom is -0.480 e. The summed E-state index contributed by atoms with van der Waals surface area (Å²) in [7, 11) is 4.52. The van der Waals surface area contributed by atoms with Gasteiger partial charge in [0.05, 0.1) is 26.7 Å². The number of likely N-dealkylation sites (N-methyl/N-ethyl adjacent to an activating group) is 1. The Bertz CT molecular complexity index is 3780.